The lowest BCUT2D eigenvalue weighted by atomic mass is 10.0. The van der Waals surface area contributed by atoms with Crippen LogP contribution < -0.4 is 0 Å². The van der Waals surface area contributed by atoms with Gasteiger partial charge in [-0.3, -0.25) is 9.69 Å². The molecule has 1 heterocycles. The van der Waals surface area contributed by atoms with E-state index in [1.165, 1.54) is 6.42 Å². The summed E-state index contributed by atoms with van der Waals surface area (Å²) in [4.78, 5) is 14.1. The molecule has 1 rings (SSSR count). The number of likely N-dealkylation sites (tertiary alicyclic amines) is 1. The van der Waals surface area contributed by atoms with E-state index in [0.29, 0.717) is 13.2 Å². The maximum atomic E-state index is 11.9. The third-order valence-electron chi connectivity index (χ3n) is 3.41. The summed E-state index contributed by atoms with van der Waals surface area (Å²) >= 11 is 0. The summed E-state index contributed by atoms with van der Waals surface area (Å²) in [6.07, 6.45) is 5.46. The molecule has 0 amide bonds. The van der Waals surface area contributed by atoms with E-state index in [2.05, 4.69) is 18.7 Å². The van der Waals surface area contributed by atoms with Crippen LogP contribution in [0.2, 0.25) is 0 Å². The Bertz CT molecular complexity index is 233. The largest absolute Gasteiger partial charge is 0.462 e. The first-order valence-electron chi connectivity index (χ1n) is 7.28. The maximum Gasteiger partial charge on any atom is 0.323 e. The van der Waals surface area contributed by atoms with Crippen molar-refractivity contribution in [3.05, 3.63) is 0 Å². The zero-order valence-corrected chi connectivity index (χ0v) is 11.8. The van der Waals surface area contributed by atoms with E-state index in [4.69, 9.17) is 9.47 Å². The maximum absolute atomic E-state index is 11.9. The van der Waals surface area contributed by atoms with E-state index in [1.807, 2.05) is 0 Å². The highest BCUT2D eigenvalue weighted by Gasteiger charge is 2.28. The van der Waals surface area contributed by atoms with Crippen LogP contribution >= 0.6 is 0 Å². The lowest BCUT2D eigenvalue weighted by molar-refractivity contribution is -0.152. The quantitative estimate of drug-likeness (QED) is 0.494. The monoisotopic (exact) mass is 257 g/mol. The summed E-state index contributed by atoms with van der Waals surface area (Å²) in [5.74, 6) is -0.0735. The molecule has 0 aromatic heterocycles. The summed E-state index contributed by atoms with van der Waals surface area (Å²) in [6, 6.07) is -0.0283. The number of esters is 1. The van der Waals surface area contributed by atoms with Crippen LogP contribution in [0.3, 0.4) is 0 Å². The third kappa shape index (κ3) is 5.36. The molecule has 1 aliphatic rings. The molecule has 1 fully saturated rings. The number of hydrogen-bond acceptors (Lipinski definition) is 4. The Kier molecular flexibility index (Phi) is 8.01. The molecule has 4 nitrogen and oxygen atoms in total. The summed E-state index contributed by atoms with van der Waals surface area (Å²) in [5, 5.41) is 0. The van der Waals surface area contributed by atoms with Crippen molar-refractivity contribution in [2.24, 2.45) is 0 Å². The van der Waals surface area contributed by atoms with Crippen molar-refractivity contribution < 1.29 is 14.3 Å². The molecule has 1 unspecified atom stereocenters. The van der Waals surface area contributed by atoms with Crippen LogP contribution in [0.25, 0.3) is 0 Å². The van der Waals surface area contributed by atoms with Crippen molar-refractivity contribution >= 4 is 5.97 Å². The molecular formula is C14H27NO3. The fourth-order valence-corrected chi connectivity index (χ4v) is 2.28. The highest BCUT2D eigenvalue weighted by atomic mass is 16.6. The van der Waals surface area contributed by atoms with Crippen molar-refractivity contribution in [3.8, 4) is 0 Å². The SMILES string of the molecule is CCCCOCCOC(=O)C1CCCCN1CC. The molecule has 0 bridgehead atoms. The summed E-state index contributed by atoms with van der Waals surface area (Å²) in [7, 11) is 0. The smallest absolute Gasteiger partial charge is 0.323 e. The molecule has 0 N–H and O–H groups in total. The van der Waals surface area contributed by atoms with Crippen LogP contribution in [0, 0.1) is 0 Å². The summed E-state index contributed by atoms with van der Waals surface area (Å²) in [5.41, 5.74) is 0. The molecule has 4 heteroatoms. The Balaban J connectivity index is 2.14. The Hall–Kier alpha value is -0.610. The van der Waals surface area contributed by atoms with Gasteiger partial charge >= 0.3 is 5.97 Å². The number of carbonyl (C=O) groups is 1. The Labute approximate surface area is 111 Å². The number of nitrogens with zero attached hydrogens (tertiary/aromatic N) is 1. The van der Waals surface area contributed by atoms with Crippen molar-refractivity contribution in [2.45, 2.75) is 52.0 Å². The first kappa shape index (κ1) is 15.4. The van der Waals surface area contributed by atoms with E-state index < -0.39 is 0 Å². The Morgan fingerprint density at radius 1 is 1.22 bits per heavy atom. The average molecular weight is 257 g/mol. The van der Waals surface area contributed by atoms with Crippen LogP contribution in [0.4, 0.5) is 0 Å². The van der Waals surface area contributed by atoms with Gasteiger partial charge in [0.1, 0.15) is 12.6 Å². The van der Waals surface area contributed by atoms with Gasteiger partial charge in [-0.25, -0.2) is 0 Å². The molecule has 0 saturated carbocycles. The third-order valence-corrected chi connectivity index (χ3v) is 3.41. The van der Waals surface area contributed by atoms with Crippen molar-refractivity contribution in [2.75, 3.05) is 32.9 Å². The second-order valence-electron chi connectivity index (χ2n) is 4.77. The fourth-order valence-electron chi connectivity index (χ4n) is 2.28. The average Bonchev–Trinajstić information content (AvgIpc) is 2.42. The molecular weight excluding hydrogens is 230 g/mol. The molecule has 1 saturated heterocycles. The Morgan fingerprint density at radius 3 is 2.78 bits per heavy atom. The van der Waals surface area contributed by atoms with Crippen LogP contribution in [0.5, 0.6) is 0 Å². The number of piperidine rings is 1. The lowest BCUT2D eigenvalue weighted by Crippen LogP contribution is -2.45. The first-order chi connectivity index (χ1) is 8.79. The van der Waals surface area contributed by atoms with Crippen LogP contribution in [-0.2, 0) is 14.3 Å². The van der Waals surface area contributed by atoms with Crippen LogP contribution in [-0.4, -0.2) is 49.8 Å². The molecule has 0 aromatic carbocycles. The molecule has 0 radical (unpaired) electrons. The van der Waals surface area contributed by atoms with E-state index >= 15 is 0 Å². The topological polar surface area (TPSA) is 38.8 Å². The summed E-state index contributed by atoms with van der Waals surface area (Å²) in [6.45, 7) is 7.83. The molecule has 1 atom stereocenters. The second kappa shape index (κ2) is 9.34. The molecule has 0 spiro atoms. The van der Waals surface area contributed by atoms with Gasteiger partial charge in [0, 0.05) is 6.61 Å². The normalized spacial score (nSPS) is 20.9. The standard InChI is InChI=1S/C14H27NO3/c1-3-5-10-17-11-12-18-14(16)13-8-6-7-9-15(13)4-2/h13H,3-12H2,1-2H3. The van der Waals surface area contributed by atoms with Crippen LogP contribution in [0.1, 0.15) is 46.0 Å². The summed E-state index contributed by atoms with van der Waals surface area (Å²) < 4.78 is 10.7. The number of likely N-dealkylation sites (N-methyl/N-ethyl adjacent to an activating group) is 1. The zero-order chi connectivity index (χ0) is 13.2. The number of unbranched alkanes of at least 4 members (excludes halogenated alkanes) is 1. The van der Waals surface area contributed by atoms with Gasteiger partial charge in [0.25, 0.3) is 0 Å². The molecule has 106 valence electrons. The molecule has 1 aliphatic heterocycles. The highest BCUT2D eigenvalue weighted by Crippen LogP contribution is 2.17. The van der Waals surface area contributed by atoms with Gasteiger partial charge < -0.3 is 9.47 Å². The number of hydrogen-bond donors (Lipinski definition) is 0. The fraction of sp³-hybridized carbons (Fsp3) is 0.929. The highest BCUT2D eigenvalue weighted by molar-refractivity contribution is 5.75. The van der Waals surface area contributed by atoms with E-state index in [0.717, 1.165) is 45.4 Å². The number of ether oxygens (including phenoxy) is 2. The van der Waals surface area contributed by atoms with Gasteiger partial charge in [-0.05, 0) is 32.4 Å². The second-order valence-corrected chi connectivity index (χ2v) is 4.77. The van der Waals surface area contributed by atoms with E-state index in [1.54, 1.807) is 0 Å². The first-order valence-corrected chi connectivity index (χ1v) is 7.28. The van der Waals surface area contributed by atoms with Crippen LogP contribution in [0.15, 0.2) is 0 Å². The zero-order valence-electron chi connectivity index (χ0n) is 11.8. The number of rotatable bonds is 8. The minimum atomic E-state index is -0.0735. The predicted octanol–water partition coefficient (Wildman–Crippen LogP) is 2.22. The van der Waals surface area contributed by atoms with E-state index in [9.17, 15) is 4.79 Å². The lowest BCUT2D eigenvalue weighted by Gasteiger charge is -2.32. The predicted molar refractivity (Wildman–Crippen MR) is 71.6 cm³/mol. The van der Waals surface area contributed by atoms with Gasteiger partial charge in [-0.1, -0.05) is 26.7 Å². The molecule has 0 aromatic rings. The van der Waals surface area contributed by atoms with Crippen molar-refractivity contribution in [3.63, 3.8) is 0 Å². The van der Waals surface area contributed by atoms with Gasteiger partial charge in [-0.15, -0.1) is 0 Å². The van der Waals surface area contributed by atoms with Gasteiger partial charge in [-0.2, -0.15) is 0 Å². The number of carbonyl (C=O) groups excluding carboxylic acids is 1. The van der Waals surface area contributed by atoms with Gasteiger partial charge in [0.05, 0.1) is 6.61 Å². The van der Waals surface area contributed by atoms with Crippen molar-refractivity contribution in [1.82, 2.24) is 4.90 Å². The molecule has 0 aliphatic carbocycles. The van der Waals surface area contributed by atoms with Gasteiger partial charge in [0.2, 0.25) is 0 Å². The van der Waals surface area contributed by atoms with Gasteiger partial charge in [0.15, 0.2) is 0 Å². The minimum Gasteiger partial charge on any atom is -0.462 e. The molecule has 18 heavy (non-hydrogen) atoms. The van der Waals surface area contributed by atoms with E-state index in [-0.39, 0.29) is 12.0 Å². The minimum absolute atomic E-state index is 0.0283. The van der Waals surface area contributed by atoms with Crippen molar-refractivity contribution in [1.29, 1.82) is 0 Å². The Morgan fingerprint density at radius 2 is 2.06 bits per heavy atom.